The van der Waals surface area contributed by atoms with Gasteiger partial charge in [-0.3, -0.25) is 9.59 Å². The maximum Gasteiger partial charge on any atom is 0.333 e. The van der Waals surface area contributed by atoms with Crippen LogP contribution in [0.3, 0.4) is 0 Å². The Kier molecular flexibility index (Phi) is 7.11. The lowest BCUT2D eigenvalue weighted by molar-refractivity contribution is -0.164. The zero-order chi connectivity index (χ0) is 25.1. The number of hydrogen-bond donors (Lipinski definition) is 1. The molecule has 2 aliphatic rings. The van der Waals surface area contributed by atoms with Gasteiger partial charge in [0.05, 0.1) is 5.88 Å². The van der Waals surface area contributed by atoms with Crippen LogP contribution in [0.1, 0.15) is 27.6 Å². The third-order valence-electron chi connectivity index (χ3n) is 6.13. The van der Waals surface area contributed by atoms with Crippen molar-refractivity contribution in [3.63, 3.8) is 0 Å². The van der Waals surface area contributed by atoms with Gasteiger partial charge in [0.2, 0.25) is 5.91 Å². The molecule has 182 valence electrons. The average molecular weight is 519 g/mol. The Balaban J connectivity index is 1.37. The maximum absolute atomic E-state index is 13.5. The molecule has 3 atom stereocenters. The SMILES string of the molecule is O=C(NC1C(=O)N2C(C(=O)OC(c3ccccc3)c3ccccc3)C=C(CCl)S[C@@H]12)c1ccccc1. The Morgan fingerprint density at radius 3 is 2.03 bits per heavy atom. The molecule has 2 unspecified atom stereocenters. The van der Waals surface area contributed by atoms with Gasteiger partial charge in [-0.1, -0.05) is 78.9 Å². The number of allylic oxidation sites excluding steroid dienone is 1. The first-order chi connectivity index (χ1) is 17.6. The lowest BCUT2D eigenvalue weighted by Gasteiger charge is -2.51. The second kappa shape index (κ2) is 10.6. The highest BCUT2D eigenvalue weighted by molar-refractivity contribution is 8.04. The molecule has 1 fully saturated rings. The van der Waals surface area contributed by atoms with Crippen LogP contribution in [0.4, 0.5) is 0 Å². The highest BCUT2D eigenvalue weighted by Gasteiger charge is 2.55. The number of hydrogen-bond acceptors (Lipinski definition) is 5. The van der Waals surface area contributed by atoms with E-state index in [0.29, 0.717) is 5.56 Å². The van der Waals surface area contributed by atoms with E-state index in [-0.39, 0.29) is 17.7 Å². The van der Waals surface area contributed by atoms with Gasteiger partial charge in [-0.15, -0.1) is 23.4 Å². The molecule has 2 heterocycles. The Morgan fingerprint density at radius 1 is 0.917 bits per heavy atom. The molecule has 3 aromatic carbocycles. The number of benzene rings is 3. The maximum atomic E-state index is 13.5. The van der Waals surface area contributed by atoms with Crippen LogP contribution in [-0.4, -0.2) is 46.0 Å². The van der Waals surface area contributed by atoms with E-state index >= 15 is 0 Å². The second-order valence-electron chi connectivity index (χ2n) is 8.42. The number of fused-ring (bicyclic) bond motifs is 1. The smallest absolute Gasteiger partial charge is 0.333 e. The van der Waals surface area contributed by atoms with Gasteiger partial charge in [0.25, 0.3) is 5.91 Å². The van der Waals surface area contributed by atoms with E-state index in [1.54, 1.807) is 30.3 Å². The van der Waals surface area contributed by atoms with E-state index in [1.807, 2.05) is 66.7 Å². The largest absolute Gasteiger partial charge is 0.451 e. The van der Waals surface area contributed by atoms with E-state index in [1.165, 1.54) is 16.7 Å². The summed E-state index contributed by atoms with van der Waals surface area (Å²) in [7, 11) is 0. The van der Waals surface area contributed by atoms with Gasteiger partial charge in [0, 0.05) is 10.5 Å². The highest BCUT2D eigenvalue weighted by atomic mass is 35.5. The fourth-order valence-electron chi connectivity index (χ4n) is 4.33. The summed E-state index contributed by atoms with van der Waals surface area (Å²) in [6, 6.07) is 25.9. The van der Waals surface area contributed by atoms with E-state index in [0.717, 1.165) is 16.0 Å². The van der Waals surface area contributed by atoms with Gasteiger partial charge in [-0.25, -0.2) is 4.79 Å². The van der Waals surface area contributed by atoms with Crippen LogP contribution in [0.15, 0.2) is 102 Å². The van der Waals surface area contributed by atoms with E-state index in [9.17, 15) is 14.4 Å². The fourth-order valence-corrected chi connectivity index (χ4v) is 5.86. The number of alkyl halides is 1. The first-order valence-electron chi connectivity index (χ1n) is 11.5. The number of esters is 1. The van der Waals surface area contributed by atoms with Crippen LogP contribution in [0.2, 0.25) is 0 Å². The van der Waals surface area contributed by atoms with Crippen molar-refractivity contribution in [2.24, 2.45) is 0 Å². The molecule has 6 nitrogen and oxygen atoms in total. The molecule has 5 rings (SSSR count). The monoisotopic (exact) mass is 518 g/mol. The zero-order valence-electron chi connectivity index (χ0n) is 19.1. The molecular weight excluding hydrogens is 496 g/mol. The predicted octanol–water partition coefficient (Wildman–Crippen LogP) is 4.52. The molecule has 0 saturated carbocycles. The molecule has 2 amide bonds. The fraction of sp³-hybridized carbons (Fsp3) is 0.179. The number of amides is 2. The number of thioether (sulfide) groups is 1. The molecule has 0 aromatic heterocycles. The van der Waals surface area contributed by atoms with Crippen molar-refractivity contribution in [2.75, 3.05) is 5.88 Å². The van der Waals surface area contributed by atoms with Gasteiger partial charge >= 0.3 is 5.97 Å². The number of nitrogens with zero attached hydrogens (tertiary/aromatic N) is 1. The van der Waals surface area contributed by atoms with Gasteiger partial charge < -0.3 is 15.0 Å². The van der Waals surface area contributed by atoms with Crippen molar-refractivity contribution in [1.29, 1.82) is 0 Å². The Morgan fingerprint density at radius 2 is 1.47 bits per heavy atom. The van der Waals surface area contributed by atoms with E-state index in [2.05, 4.69) is 5.32 Å². The Bertz CT molecular complexity index is 1250. The highest BCUT2D eigenvalue weighted by Crippen LogP contribution is 2.42. The quantitative estimate of drug-likeness (QED) is 0.283. The molecular formula is C28H23ClN2O4S. The predicted molar refractivity (Wildman–Crippen MR) is 139 cm³/mol. The van der Waals surface area contributed by atoms with Crippen LogP contribution in [0, 0.1) is 0 Å². The van der Waals surface area contributed by atoms with Crippen LogP contribution in [-0.2, 0) is 14.3 Å². The van der Waals surface area contributed by atoms with Crippen LogP contribution < -0.4 is 5.32 Å². The third kappa shape index (κ3) is 4.76. The molecule has 1 saturated heterocycles. The van der Waals surface area contributed by atoms with Crippen molar-refractivity contribution in [1.82, 2.24) is 10.2 Å². The molecule has 0 spiro atoms. The summed E-state index contributed by atoms with van der Waals surface area (Å²) in [6.45, 7) is 0. The second-order valence-corrected chi connectivity index (χ2v) is 9.93. The normalized spacial score (nSPS) is 20.7. The summed E-state index contributed by atoms with van der Waals surface area (Å²) in [5, 5.41) is 2.35. The number of ether oxygens (including phenoxy) is 1. The number of β-lactam (4-membered cyclic amide) rings is 1. The number of rotatable bonds is 7. The Labute approximate surface area is 218 Å². The zero-order valence-corrected chi connectivity index (χ0v) is 20.7. The summed E-state index contributed by atoms with van der Waals surface area (Å²) in [5.41, 5.74) is 2.11. The Hall–Kier alpha value is -3.55. The van der Waals surface area contributed by atoms with Gasteiger partial charge in [0.1, 0.15) is 11.4 Å². The lowest BCUT2D eigenvalue weighted by atomic mass is 10.00. The summed E-state index contributed by atoms with van der Waals surface area (Å²) >= 11 is 7.51. The minimum absolute atomic E-state index is 0.188. The third-order valence-corrected chi connectivity index (χ3v) is 7.90. The van der Waals surface area contributed by atoms with Crippen molar-refractivity contribution in [3.8, 4) is 0 Å². The summed E-state index contributed by atoms with van der Waals surface area (Å²) < 4.78 is 6.02. The van der Waals surface area contributed by atoms with Crippen LogP contribution >= 0.6 is 23.4 Å². The minimum Gasteiger partial charge on any atom is -0.451 e. The van der Waals surface area contributed by atoms with E-state index in [4.69, 9.17) is 16.3 Å². The summed E-state index contributed by atoms with van der Waals surface area (Å²) in [4.78, 5) is 41.5. The number of carbonyl (C=O) groups excluding carboxylic acids is 3. The standard InChI is InChI=1S/C28H23ClN2O4S/c29-17-21-16-22(28(34)35-24(18-10-4-1-5-11-18)19-12-6-2-7-13-19)31-26(33)23(27(31)36-21)30-25(32)20-14-8-3-9-15-20/h1-16,22-24,27H,17H2,(H,30,32)/t22?,23?,27-/m0/s1. The van der Waals surface area contributed by atoms with Crippen molar-refractivity contribution in [3.05, 3.63) is 119 Å². The molecule has 0 aliphatic carbocycles. The summed E-state index contributed by atoms with van der Waals surface area (Å²) in [6.07, 6.45) is 1.04. The molecule has 0 radical (unpaired) electrons. The van der Waals surface area contributed by atoms with Gasteiger partial charge in [0.15, 0.2) is 12.1 Å². The molecule has 0 bridgehead atoms. The van der Waals surface area contributed by atoms with Gasteiger partial charge in [-0.2, -0.15) is 0 Å². The minimum atomic E-state index is -0.933. The molecule has 3 aromatic rings. The number of carbonyl (C=O) groups is 3. The molecule has 2 aliphatic heterocycles. The van der Waals surface area contributed by atoms with Crippen molar-refractivity contribution < 1.29 is 19.1 Å². The van der Waals surface area contributed by atoms with Crippen LogP contribution in [0.5, 0.6) is 0 Å². The van der Waals surface area contributed by atoms with Crippen molar-refractivity contribution >= 4 is 41.1 Å². The lowest BCUT2D eigenvalue weighted by Crippen LogP contribution is -2.73. The topological polar surface area (TPSA) is 75.7 Å². The number of nitrogens with one attached hydrogen (secondary N) is 1. The first kappa shape index (κ1) is 24.2. The van der Waals surface area contributed by atoms with Crippen molar-refractivity contribution in [2.45, 2.75) is 23.6 Å². The van der Waals surface area contributed by atoms with Gasteiger partial charge in [-0.05, 0) is 29.3 Å². The molecule has 8 heteroatoms. The average Bonchev–Trinajstić information content (AvgIpc) is 2.94. The molecule has 36 heavy (non-hydrogen) atoms. The van der Waals surface area contributed by atoms with Crippen LogP contribution in [0.25, 0.3) is 0 Å². The summed E-state index contributed by atoms with van der Waals surface area (Å²) in [5.74, 6) is -1.04. The number of halogens is 1. The molecule has 1 N–H and O–H groups in total. The first-order valence-corrected chi connectivity index (χ1v) is 12.9. The van der Waals surface area contributed by atoms with E-state index < -0.39 is 29.5 Å².